The predicted molar refractivity (Wildman–Crippen MR) is 42.6 cm³/mol. The normalized spacial score (nSPS) is 10.6. The van der Waals surface area contributed by atoms with E-state index >= 15 is 0 Å². The first-order valence-corrected chi connectivity index (χ1v) is 3.13. The van der Waals surface area contributed by atoms with Crippen molar-refractivity contribution >= 4 is 12.2 Å². The number of nitrogens with one attached hydrogen (secondary N) is 1. The minimum Gasteiger partial charge on any atom is -0.369 e. The molecule has 1 heterocycles. The standard InChI is InChI=1S/C7H11N3/c1-10(2)6-9-7-4-3-5-8-7/h3-6,8H,1-2H3. The second kappa shape index (κ2) is 3.06. The molecule has 0 radical (unpaired) electrons. The van der Waals surface area contributed by atoms with E-state index in [9.17, 15) is 0 Å². The molecule has 0 bridgehead atoms. The lowest BCUT2D eigenvalue weighted by atomic mass is 10.6. The number of hydrogen-bond donors (Lipinski definition) is 1. The minimum atomic E-state index is 0.883. The Bertz CT molecular complexity index is 199. The minimum absolute atomic E-state index is 0.883. The number of nitrogens with zero attached hydrogens (tertiary/aromatic N) is 2. The van der Waals surface area contributed by atoms with Crippen LogP contribution in [0.2, 0.25) is 0 Å². The van der Waals surface area contributed by atoms with Crippen LogP contribution in [0.15, 0.2) is 23.3 Å². The van der Waals surface area contributed by atoms with Crippen molar-refractivity contribution in [3.8, 4) is 0 Å². The van der Waals surface area contributed by atoms with Gasteiger partial charge in [-0.1, -0.05) is 0 Å². The molecule has 1 rings (SSSR count). The van der Waals surface area contributed by atoms with Crippen molar-refractivity contribution in [2.75, 3.05) is 14.1 Å². The Kier molecular flexibility index (Phi) is 2.10. The van der Waals surface area contributed by atoms with Crippen LogP contribution in [0.1, 0.15) is 0 Å². The second-order valence-electron chi connectivity index (χ2n) is 2.26. The molecule has 0 saturated carbocycles. The number of aliphatic imine (C=N–C) groups is 1. The quantitative estimate of drug-likeness (QED) is 0.482. The largest absolute Gasteiger partial charge is 0.369 e. The molecule has 0 spiro atoms. The molecule has 0 amide bonds. The fraction of sp³-hybridized carbons (Fsp3) is 0.286. The van der Waals surface area contributed by atoms with Gasteiger partial charge in [0, 0.05) is 20.3 Å². The Hall–Kier alpha value is -1.25. The molecule has 1 aromatic rings. The van der Waals surface area contributed by atoms with E-state index in [4.69, 9.17) is 0 Å². The van der Waals surface area contributed by atoms with Gasteiger partial charge in [0.15, 0.2) is 0 Å². The number of H-pyrrole nitrogens is 1. The molecule has 3 nitrogen and oxygen atoms in total. The van der Waals surface area contributed by atoms with Gasteiger partial charge in [0.05, 0.1) is 6.34 Å². The maximum absolute atomic E-state index is 4.11. The Morgan fingerprint density at radius 1 is 1.60 bits per heavy atom. The highest BCUT2D eigenvalue weighted by atomic mass is 15.1. The third-order valence-electron chi connectivity index (χ3n) is 1.01. The van der Waals surface area contributed by atoms with Gasteiger partial charge in [0.2, 0.25) is 0 Å². The van der Waals surface area contributed by atoms with Crippen LogP contribution in [-0.2, 0) is 0 Å². The fourth-order valence-corrected chi connectivity index (χ4v) is 0.579. The molecule has 0 atom stereocenters. The molecule has 1 N–H and O–H groups in total. The molecular formula is C7H11N3. The van der Waals surface area contributed by atoms with Crippen molar-refractivity contribution in [3.63, 3.8) is 0 Å². The van der Waals surface area contributed by atoms with Gasteiger partial charge in [-0.2, -0.15) is 0 Å². The zero-order chi connectivity index (χ0) is 7.40. The van der Waals surface area contributed by atoms with Gasteiger partial charge in [-0.05, 0) is 12.1 Å². The third kappa shape index (κ3) is 1.93. The highest BCUT2D eigenvalue weighted by Crippen LogP contribution is 2.03. The lowest BCUT2D eigenvalue weighted by Crippen LogP contribution is -2.06. The maximum Gasteiger partial charge on any atom is 0.131 e. The number of aromatic amines is 1. The van der Waals surface area contributed by atoms with E-state index in [1.54, 1.807) is 6.34 Å². The third-order valence-corrected chi connectivity index (χ3v) is 1.01. The lowest BCUT2D eigenvalue weighted by molar-refractivity contribution is 0.643. The van der Waals surface area contributed by atoms with Crippen LogP contribution >= 0.6 is 0 Å². The second-order valence-corrected chi connectivity index (χ2v) is 2.26. The first-order chi connectivity index (χ1) is 4.79. The molecule has 0 aromatic carbocycles. The van der Waals surface area contributed by atoms with E-state index in [-0.39, 0.29) is 0 Å². The van der Waals surface area contributed by atoms with Gasteiger partial charge < -0.3 is 9.88 Å². The van der Waals surface area contributed by atoms with Gasteiger partial charge >= 0.3 is 0 Å². The van der Waals surface area contributed by atoms with Gasteiger partial charge in [-0.25, -0.2) is 4.99 Å². The van der Waals surface area contributed by atoms with Crippen molar-refractivity contribution in [1.29, 1.82) is 0 Å². The average molecular weight is 137 g/mol. The van der Waals surface area contributed by atoms with E-state index in [1.807, 2.05) is 37.3 Å². The summed E-state index contributed by atoms with van der Waals surface area (Å²) >= 11 is 0. The monoisotopic (exact) mass is 137 g/mol. The van der Waals surface area contributed by atoms with Gasteiger partial charge in [-0.15, -0.1) is 0 Å². The number of hydrogen-bond acceptors (Lipinski definition) is 1. The highest BCUT2D eigenvalue weighted by molar-refractivity contribution is 5.58. The van der Waals surface area contributed by atoms with Gasteiger partial charge in [0.1, 0.15) is 5.82 Å². The van der Waals surface area contributed by atoms with Crippen LogP contribution < -0.4 is 0 Å². The first-order valence-electron chi connectivity index (χ1n) is 3.13. The van der Waals surface area contributed by atoms with Crippen LogP contribution in [0.4, 0.5) is 5.82 Å². The summed E-state index contributed by atoms with van der Waals surface area (Å²) in [4.78, 5) is 8.97. The average Bonchev–Trinajstić information content (AvgIpc) is 2.34. The smallest absolute Gasteiger partial charge is 0.131 e. The highest BCUT2D eigenvalue weighted by Gasteiger charge is 1.83. The van der Waals surface area contributed by atoms with Crippen molar-refractivity contribution < 1.29 is 0 Å². The molecular weight excluding hydrogens is 126 g/mol. The summed E-state index contributed by atoms with van der Waals surface area (Å²) in [5.41, 5.74) is 0. The Labute approximate surface area is 60.4 Å². The molecule has 0 aliphatic rings. The summed E-state index contributed by atoms with van der Waals surface area (Å²) in [6.07, 6.45) is 3.61. The lowest BCUT2D eigenvalue weighted by Gasteiger charge is -2.00. The first kappa shape index (κ1) is 6.86. The van der Waals surface area contributed by atoms with Crippen molar-refractivity contribution in [3.05, 3.63) is 18.3 Å². The summed E-state index contributed by atoms with van der Waals surface area (Å²) < 4.78 is 0. The Morgan fingerprint density at radius 2 is 2.40 bits per heavy atom. The van der Waals surface area contributed by atoms with Gasteiger partial charge in [0.25, 0.3) is 0 Å². The SMILES string of the molecule is CN(C)C=Nc1ccc[nH]1. The molecule has 1 aromatic heterocycles. The Morgan fingerprint density at radius 3 is 2.90 bits per heavy atom. The summed E-state index contributed by atoms with van der Waals surface area (Å²) in [5.74, 6) is 0.883. The molecule has 54 valence electrons. The molecule has 10 heavy (non-hydrogen) atoms. The van der Waals surface area contributed by atoms with Crippen LogP contribution in [0.5, 0.6) is 0 Å². The van der Waals surface area contributed by atoms with E-state index in [2.05, 4.69) is 9.98 Å². The molecule has 0 unspecified atom stereocenters. The number of aromatic nitrogens is 1. The molecule has 0 aliphatic carbocycles. The molecule has 0 aliphatic heterocycles. The van der Waals surface area contributed by atoms with E-state index in [1.165, 1.54) is 0 Å². The van der Waals surface area contributed by atoms with Crippen molar-refractivity contribution in [1.82, 2.24) is 9.88 Å². The van der Waals surface area contributed by atoms with Crippen molar-refractivity contribution in [2.24, 2.45) is 4.99 Å². The topological polar surface area (TPSA) is 31.4 Å². The summed E-state index contributed by atoms with van der Waals surface area (Å²) in [6.45, 7) is 0. The summed E-state index contributed by atoms with van der Waals surface area (Å²) in [6, 6.07) is 3.84. The van der Waals surface area contributed by atoms with E-state index < -0.39 is 0 Å². The van der Waals surface area contributed by atoms with Crippen LogP contribution in [0.3, 0.4) is 0 Å². The summed E-state index contributed by atoms with van der Waals surface area (Å²) in [5, 5.41) is 0. The van der Waals surface area contributed by atoms with Crippen molar-refractivity contribution in [2.45, 2.75) is 0 Å². The zero-order valence-corrected chi connectivity index (χ0v) is 6.20. The van der Waals surface area contributed by atoms with E-state index in [0.29, 0.717) is 0 Å². The fourth-order valence-electron chi connectivity index (χ4n) is 0.579. The maximum atomic E-state index is 4.11. The summed E-state index contributed by atoms with van der Waals surface area (Å²) in [7, 11) is 3.87. The number of rotatable bonds is 2. The van der Waals surface area contributed by atoms with Crippen LogP contribution in [0.25, 0.3) is 0 Å². The Balaban J connectivity index is 2.55. The van der Waals surface area contributed by atoms with E-state index in [0.717, 1.165) is 5.82 Å². The van der Waals surface area contributed by atoms with Crippen LogP contribution in [0, 0.1) is 0 Å². The predicted octanol–water partition coefficient (Wildman–Crippen LogP) is 1.24. The van der Waals surface area contributed by atoms with Gasteiger partial charge in [-0.3, -0.25) is 0 Å². The van der Waals surface area contributed by atoms with Crippen LogP contribution in [-0.4, -0.2) is 30.3 Å². The molecule has 0 fully saturated rings. The molecule has 0 saturated heterocycles. The zero-order valence-electron chi connectivity index (χ0n) is 6.20. The molecule has 3 heteroatoms.